The topological polar surface area (TPSA) is 62.9 Å². The van der Waals surface area contributed by atoms with Crippen molar-refractivity contribution in [1.82, 2.24) is 0 Å². The second-order valence-electron chi connectivity index (χ2n) is 4.90. The maximum absolute atomic E-state index is 5.94. The van der Waals surface area contributed by atoms with Crippen molar-refractivity contribution in [2.24, 2.45) is 5.73 Å². The molecule has 0 spiro atoms. The quantitative estimate of drug-likeness (QED) is 0.634. The minimum Gasteiger partial charge on any atom is -0.491 e. The van der Waals surface area contributed by atoms with Crippen LogP contribution in [0.2, 0.25) is 0 Å². The van der Waals surface area contributed by atoms with Gasteiger partial charge in [0.05, 0.1) is 33.0 Å². The Morgan fingerprint density at radius 1 is 1.00 bits per heavy atom. The first-order valence-corrected chi connectivity index (χ1v) is 7.28. The molecule has 0 aliphatic heterocycles. The SMILES string of the molecule is COCCOCCOCCOc1cc(C)ccc1C(C)N. The summed E-state index contributed by atoms with van der Waals surface area (Å²) >= 11 is 0. The summed E-state index contributed by atoms with van der Waals surface area (Å²) < 4.78 is 21.4. The Kier molecular flexibility index (Phi) is 9.01. The molecule has 5 nitrogen and oxygen atoms in total. The van der Waals surface area contributed by atoms with E-state index in [2.05, 4.69) is 0 Å². The minimum absolute atomic E-state index is 0.0456. The van der Waals surface area contributed by atoms with Crippen LogP contribution in [-0.2, 0) is 14.2 Å². The number of hydrogen-bond acceptors (Lipinski definition) is 5. The first-order chi connectivity index (χ1) is 10.1. The van der Waals surface area contributed by atoms with Gasteiger partial charge in [-0.1, -0.05) is 12.1 Å². The second-order valence-corrected chi connectivity index (χ2v) is 4.90. The molecular formula is C16H27NO4. The Labute approximate surface area is 127 Å². The minimum atomic E-state index is -0.0456. The van der Waals surface area contributed by atoms with Crippen LogP contribution in [0.25, 0.3) is 0 Å². The van der Waals surface area contributed by atoms with Gasteiger partial charge in [-0.25, -0.2) is 0 Å². The zero-order valence-electron chi connectivity index (χ0n) is 13.3. The molecular weight excluding hydrogens is 270 g/mol. The van der Waals surface area contributed by atoms with Crippen molar-refractivity contribution in [1.29, 1.82) is 0 Å². The molecule has 1 rings (SSSR count). The van der Waals surface area contributed by atoms with E-state index in [-0.39, 0.29) is 6.04 Å². The van der Waals surface area contributed by atoms with Gasteiger partial charge in [0.2, 0.25) is 0 Å². The lowest BCUT2D eigenvalue weighted by Crippen LogP contribution is -2.14. The Morgan fingerprint density at radius 3 is 2.24 bits per heavy atom. The number of nitrogens with two attached hydrogens (primary N) is 1. The first-order valence-electron chi connectivity index (χ1n) is 7.28. The van der Waals surface area contributed by atoms with Crippen LogP contribution >= 0.6 is 0 Å². The van der Waals surface area contributed by atoms with Crippen LogP contribution in [0, 0.1) is 6.92 Å². The monoisotopic (exact) mass is 297 g/mol. The van der Waals surface area contributed by atoms with Gasteiger partial charge in [0.25, 0.3) is 0 Å². The first kappa shape index (κ1) is 17.9. The highest BCUT2D eigenvalue weighted by atomic mass is 16.6. The summed E-state index contributed by atoms with van der Waals surface area (Å²) in [4.78, 5) is 0. The average molecular weight is 297 g/mol. The number of ether oxygens (including phenoxy) is 4. The third kappa shape index (κ3) is 7.43. The van der Waals surface area contributed by atoms with E-state index in [9.17, 15) is 0 Å². The van der Waals surface area contributed by atoms with Gasteiger partial charge in [-0.3, -0.25) is 0 Å². The van der Waals surface area contributed by atoms with Gasteiger partial charge in [-0.2, -0.15) is 0 Å². The van der Waals surface area contributed by atoms with Crippen LogP contribution in [0.5, 0.6) is 5.75 Å². The van der Waals surface area contributed by atoms with E-state index in [0.29, 0.717) is 39.6 Å². The molecule has 0 amide bonds. The highest BCUT2D eigenvalue weighted by molar-refractivity contribution is 5.38. The lowest BCUT2D eigenvalue weighted by molar-refractivity contribution is 0.0179. The summed E-state index contributed by atoms with van der Waals surface area (Å²) in [7, 11) is 1.65. The Hall–Kier alpha value is -1.14. The number of hydrogen-bond donors (Lipinski definition) is 1. The van der Waals surface area contributed by atoms with Gasteiger partial charge >= 0.3 is 0 Å². The molecule has 21 heavy (non-hydrogen) atoms. The van der Waals surface area contributed by atoms with E-state index in [1.165, 1.54) is 0 Å². The number of rotatable bonds is 11. The maximum Gasteiger partial charge on any atom is 0.124 e. The second kappa shape index (κ2) is 10.6. The molecule has 0 heterocycles. The average Bonchev–Trinajstić information content (AvgIpc) is 2.45. The van der Waals surface area contributed by atoms with Crippen LogP contribution in [0.4, 0.5) is 0 Å². The van der Waals surface area contributed by atoms with Gasteiger partial charge in [0.1, 0.15) is 12.4 Å². The smallest absolute Gasteiger partial charge is 0.124 e. The van der Waals surface area contributed by atoms with Crippen molar-refractivity contribution in [2.45, 2.75) is 19.9 Å². The number of benzene rings is 1. The molecule has 1 atom stereocenters. The molecule has 0 fully saturated rings. The third-order valence-corrected chi connectivity index (χ3v) is 2.95. The normalized spacial score (nSPS) is 12.4. The molecule has 0 aromatic heterocycles. The van der Waals surface area contributed by atoms with Crippen molar-refractivity contribution in [3.8, 4) is 5.75 Å². The lowest BCUT2D eigenvalue weighted by Gasteiger charge is -2.15. The van der Waals surface area contributed by atoms with Gasteiger partial charge in [0.15, 0.2) is 0 Å². The van der Waals surface area contributed by atoms with Crippen molar-refractivity contribution in [3.63, 3.8) is 0 Å². The van der Waals surface area contributed by atoms with E-state index in [1.807, 2.05) is 32.0 Å². The Bertz CT molecular complexity index is 396. The standard InChI is InChI=1S/C16H27NO4/c1-13-4-5-15(14(2)17)16(12-13)21-11-10-20-9-8-19-7-6-18-3/h4-5,12,14H,6-11,17H2,1-3H3. The van der Waals surface area contributed by atoms with E-state index in [4.69, 9.17) is 24.7 Å². The fourth-order valence-corrected chi connectivity index (χ4v) is 1.82. The molecule has 1 aromatic carbocycles. The third-order valence-electron chi connectivity index (χ3n) is 2.95. The molecule has 1 aromatic rings. The summed E-state index contributed by atoms with van der Waals surface area (Å²) in [6.45, 7) is 7.34. The molecule has 0 bridgehead atoms. The van der Waals surface area contributed by atoms with Gasteiger partial charge in [0, 0.05) is 18.7 Å². The molecule has 2 N–H and O–H groups in total. The summed E-state index contributed by atoms with van der Waals surface area (Å²) in [6.07, 6.45) is 0. The zero-order chi connectivity index (χ0) is 15.5. The molecule has 1 unspecified atom stereocenters. The Balaban J connectivity index is 2.19. The van der Waals surface area contributed by atoms with Crippen LogP contribution in [-0.4, -0.2) is 46.8 Å². The van der Waals surface area contributed by atoms with E-state index >= 15 is 0 Å². The largest absolute Gasteiger partial charge is 0.491 e. The molecule has 0 saturated heterocycles. The van der Waals surface area contributed by atoms with Crippen LogP contribution in [0.1, 0.15) is 24.1 Å². The van der Waals surface area contributed by atoms with Crippen LogP contribution < -0.4 is 10.5 Å². The molecule has 0 aliphatic rings. The highest BCUT2D eigenvalue weighted by Crippen LogP contribution is 2.24. The van der Waals surface area contributed by atoms with Crippen LogP contribution in [0.3, 0.4) is 0 Å². The summed E-state index contributed by atoms with van der Waals surface area (Å²) in [5.41, 5.74) is 8.11. The molecule has 0 saturated carbocycles. The lowest BCUT2D eigenvalue weighted by atomic mass is 10.1. The Morgan fingerprint density at radius 2 is 1.62 bits per heavy atom. The van der Waals surface area contributed by atoms with Crippen LogP contribution in [0.15, 0.2) is 18.2 Å². The van der Waals surface area contributed by atoms with E-state index in [0.717, 1.165) is 16.9 Å². The highest BCUT2D eigenvalue weighted by Gasteiger charge is 2.08. The number of aryl methyl sites for hydroxylation is 1. The molecule has 0 radical (unpaired) electrons. The van der Waals surface area contributed by atoms with Crippen molar-refractivity contribution >= 4 is 0 Å². The maximum atomic E-state index is 5.94. The molecule has 120 valence electrons. The van der Waals surface area contributed by atoms with E-state index in [1.54, 1.807) is 7.11 Å². The predicted octanol–water partition coefficient (Wildman–Crippen LogP) is 2.07. The van der Waals surface area contributed by atoms with Crippen molar-refractivity contribution < 1.29 is 18.9 Å². The van der Waals surface area contributed by atoms with Gasteiger partial charge < -0.3 is 24.7 Å². The molecule has 5 heteroatoms. The molecule has 0 aliphatic carbocycles. The fourth-order valence-electron chi connectivity index (χ4n) is 1.82. The van der Waals surface area contributed by atoms with Gasteiger partial charge in [-0.05, 0) is 25.5 Å². The number of methoxy groups -OCH3 is 1. The van der Waals surface area contributed by atoms with Crippen molar-refractivity contribution in [3.05, 3.63) is 29.3 Å². The summed E-state index contributed by atoms with van der Waals surface area (Å²) in [6, 6.07) is 6.02. The van der Waals surface area contributed by atoms with Gasteiger partial charge in [-0.15, -0.1) is 0 Å². The zero-order valence-corrected chi connectivity index (χ0v) is 13.3. The van der Waals surface area contributed by atoms with E-state index < -0.39 is 0 Å². The van der Waals surface area contributed by atoms with Crippen molar-refractivity contribution in [2.75, 3.05) is 46.8 Å². The predicted molar refractivity (Wildman–Crippen MR) is 82.8 cm³/mol. The summed E-state index contributed by atoms with van der Waals surface area (Å²) in [5.74, 6) is 0.838. The summed E-state index contributed by atoms with van der Waals surface area (Å²) in [5, 5.41) is 0. The fraction of sp³-hybridized carbons (Fsp3) is 0.625.